The predicted octanol–water partition coefficient (Wildman–Crippen LogP) is 2.93. The second-order valence-corrected chi connectivity index (χ2v) is 5.87. The molecule has 3 heterocycles. The van der Waals surface area contributed by atoms with Crippen molar-refractivity contribution in [3.05, 3.63) is 30.2 Å². The topological polar surface area (TPSA) is 29.8 Å². The van der Waals surface area contributed by atoms with E-state index >= 15 is 0 Å². The number of nitrogens with zero attached hydrogens (tertiary/aromatic N) is 3. The van der Waals surface area contributed by atoms with Gasteiger partial charge in [-0.3, -0.25) is 4.40 Å². The van der Waals surface area contributed by atoms with Crippen LogP contribution < -0.4 is 4.74 Å². The molecular weight excluding hydrogens is 250 g/mol. The fourth-order valence-corrected chi connectivity index (χ4v) is 3.17. The third-order valence-electron chi connectivity index (χ3n) is 4.30. The van der Waals surface area contributed by atoms with Crippen molar-refractivity contribution in [2.75, 3.05) is 20.2 Å². The Labute approximate surface area is 120 Å². The SMILES string of the molecule is COc1cccc2cnc(C3CCCN(C(C)C)C3)n12. The number of hydrogen-bond acceptors (Lipinski definition) is 3. The highest BCUT2D eigenvalue weighted by molar-refractivity contribution is 5.49. The molecule has 1 unspecified atom stereocenters. The smallest absolute Gasteiger partial charge is 0.199 e. The van der Waals surface area contributed by atoms with E-state index in [1.54, 1.807) is 7.11 Å². The van der Waals surface area contributed by atoms with Crippen molar-refractivity contribution in [3.8, 4) is 5.88 Å². The molecule has 1 aliphatic rings. The molecule has 4 nitrogen and oxygen atoms in total. The number of piperidine rings is 1. The van der Waals surface area contributed by atoms with Crippen LogP contribution in [0.5, 0.6) is 5.88 Å². The molecule has 0 aliphatic carbocycles. The van der Waals surface area contributed by atoms with E-state index in [9.17, 15) is 0 Å². The average molecular weight is 273 g/mol. The van der Waals surface area contributed by atoms with Crippen LogP contribution in [0.1, 0.15) is 38.4 Å². The van der Waals surface area contributed by atoms with Gasteiger partial charge in [0.2, 0.25) is 0 Å². The molecule has 2 aromatic rings. The Kier molecular flexibility index (Phi) is 3.66. The molecule has 20 heavy (non-hydrogen) atoms. The van der Waals surface area contributed by atoms with Gasteiger partial charge in [-0.15, -0.1) is 0 Å². The van der Waals surface area contributed by atoms with Gasteiger partial charge in [0.05, 0.1) is 18.8 Å². The average Bonchev–Trinajstić information content (AvgIpc) is 2.91. The first-order chi connectivity index (χ1) is 9.70. The first-order valence-corrected chi connectivity index (χ1v) is 7.45. The van der Waals surface area contributed by atoms with Crippen LogP contribution >= 0.6 is 0 Å². The number of fused-ring (bicyclic) bond motifs is 1. The Hall–Kier alpha value is -1.55. The summed E-state index contributed by atoms with van der Waals surface area (Å²) in [5, 5.41) is 0. The minimum Gasteiger partial charge on any atom is -0.482 e. The van der Waals surface area contributed by atoms with Crippen LogP contribution in [0, 0.1) is 0 Å². The number of aromatic nitrogens is 2. The second-order valence-electron chi connectivity index (χ2n) is 5.87. The molecule has 1 atom stereocenters. The molecule has 0 spiro atoms. The summed E-state index contributed by atoms with van der Waals surface area (Å²) in [7, 11) is 1.72. The van der Waals surface area contributed by atoms with Crippen molar-refractivity contribution in [2.24, 2.45) is 0 Å². The number of ether oxygens (including phenoxy) is 1. The van der Waals surface area contributed by atoms with E-state index in [1.807, 2.05) is 18.3 Å². The number of methoxy groups -OCH3 is 1. The standard InChI is InChI=1S/C16H23N3O/c1-12(2)18-9-5-6-13(11-18)16-17-10-14-7-4-8-15(20-3)19(14)16/h4,7-8,10,12-13H,5-6,9,11H2,1-3H3. The van der Waals surface area contributed by atoms with Crippen LogP contribution in [-0.4, -0.2) is 40.5 Å². The predicted molar refractivity (Wildman–Crippen MR) is 80.4 cm³/mol. The highest BCUT2D eigenvalue weighted by Crippen LogP contribution is 2.29. The molecule has 0 N–H and O–H groups in total. The third-order valence-corrected chi connectivity index (χ3v) is 4.30. The molecule has 0 amide bonds. The Morgan fingerprint density at radius 1 is 1.35 bits per heavy atom. The molecule has 2 aromatic heterocycles. The van der Waals surface area contributed by atoms with E-state index in [-0.39, 0.29) is 0 Å². The maximum atomic E-state index is 5.50. The van der Waals surface area contributed by atoms with Gasteiger partial charge >= 0.3 is 0 Å². The van der Waals surface area contributed by atoms with Crippen LogP contribution in [0.15, 0.2) is 24.4 Å². The van der Waals surface area contributed by atoms with Crippen LogP contribution in [-0.2, 0) is 0 Å². The van der Waals surface area contributed by atoms with Gasteiger partial charge in [0.25, 0.3) is 0 Å². The van der Waals surface area contributed by atoms with Crippen molar-refractivity contribution in [1.82, 2.24) is 14.3 Å². The number of rotatable bonds is 3. The zero-order valence-electron chi connectivity index (χ0n) is 12.5. The van der Waals surface area contributed by atoms with E-state index in [0.717, 1.165) is 23.8 Å². The first kappa shape index (κ1) is 13.4. The van der Waals surface area contributed by atoms with E-state index in [1.165, 1.54) is 19.4 Å². The molecule has 108 valence electrons. The Bertz CT molecular complexity index is 590. The van der Waals surface area contributed by atoms with Crippen molar-refractivity contribution < 1.29 is 4.74 Å². The second kappa shape index (κ2) is 5.44. The summed E-state index contributed by atoms with van der Waals surface area (Å²) >= 11 is 0. The molecule has 1 aliphatic heterocycles. The monoisotopic (exact) mass is 273 g/mol. The van der Waals surface area contributed by atoms with Gasteiger partial charge in [-0.1, -0.05) is 6.07 Å². The molecule has 0 saturated carbocycles. The fourth-order valence-electron chi connectivity index (χ4n) is 3.17. The Morgan fingerprint density at radius 2 is 2.20 bits per heavy atom. The van der Waals surface area contributed by atoms with Gasteiger partial charge in [-0.05, 0) is 45.4 Å². The molecule has 0 aromatic carbocycles. The molecule has 1 fully saturated rings. The van der Waals surface area contributed by atoms with Gasteiger partial charge < -0.3 is 9.64 Å². The highest BCUT2D eigenvalue weighted by Gasteiger charge is 2.26. The van der Waals surface area contributed by atoms with Crippen LogP contribution in [0.2, 0.25) is 0 Å². The minimum atomic E-state index is 0.491. The maximum absolute atomic E-state index is 5.50. The first-order valence-electron chi connectivity index (χ1n) is 7.45. The van der Waals surface area contributed by atoms with Crippen molar-refractivity contribution in [3.63, 3.8) is 0 Å². The quantitative estimate of drug-likeness (QED) is 0.861. The minimum absolute atomic E-state index is 0.491. The van der Waals surface area contributed by atoms with Crippen molar-refractivity contribution in [2.45, 2.75) is 38.6 Å². The molecular formula is C16H23N3O. The van der Waals surface area contributed by atoms with Gasteiger partial charge in [-0.2, -0.15) is 0 Å². The lowest BCUT2D eigenvalue weighted by molar-refractivity contribution is 0.164. The number of hydrogen-bond donors (Lipinski definition) is 0. The van der Waals surface area contributed by atoms with Gasteiger partial charge in [0, 0.05) is 18.5 Å². The van der Waals surface area contributed by atoms with E-state index in [4.69, 9.17) is 4.74 Å². The number of imidazole rings is 1. The van der Waals surface area contributed by atoms with E-state index in [2.05, 4.69) is 34.2 Å². The maximum Gasteiger partial charge on any atom is 0.199 e. The van der Waals surface area contributed by atoms with Crippen LogP contribution in [0.4, 0.5) is 0 Å². The van der Waals surface area contributed by atoms with E-state index in [0.29, 0.717) is 12.0 Å². The summed E-state index contributed by atoms with van der Waals surface area (Å²) in [6.45, 7) is 6.84. The number of likely N-dealkylation sites (tertiary alicyclic amines) is 1. The van der Waals surface area contributed by atoms with Gasteiger partial charge in [0.15, 0.2) is 5.88 Å². The lowest BCUT2D eigenvalue weighted by Gasteiger charge is -2.35. The zero-order valence-corrected chi connectivity index (χ0v) is 12.5. The summed E-state index contributed by atoms with van der Waals surface area (Å²) in [5.41, 5.74) is 1.11. The van der Waals surface area contributed by atoms with Gasteiger partial charge in [-0.25, -0.2) is 4.98 Å². The summed E-state index contributed by atoms with van der Waals surface area (Å²) in [6.07, 6.45) is 4.40. The number of pyridine rings is 1. The molecule has 1 saturated heterocycles. The van der Waals surface area contributed by atoms with Gasteiger partial charge in [0.1, 0.15) is 5.82 Å². The third kappa shape index (κ3) is 2.29. The lowest BCUT2D eigenvalue weighted by atomic mass is 9.96. The van der Waals surface area contributed by atoms with Crippen LogP contribution in [0.25, 0.3) is 5.52 Å². The fraction of sp³-hybridized carbons (Fsp3) is 0.562. The zero-order chi connectivity index (χ0) is 14.1. The summed E-state index contributed by atoms with van der Waals surface area (Å²) in [6, 6.07) is 6.70. The Morgan fingerprint density at radius 3 is 2.95 bits per heavy atom. The lowest BCUT2D eigenvalue weighted by Crippen LogP contribution is -2.39. The molecule has 0 radical (unpaired) electrons. The van der Waals surface area contributed by atoms with E-state index < -0.39 is 0 Å². The summed E-state index contributed by atoms with van der Waals surface area (Å²) in [4.78, 5) is 7.22. The molecule has 0 bridgehead atoms. The largest absolute Gasteiger partial charge is 0.482 e. The molecule has 4 heteroatoms. The highest BCUT2D eigenvalue weighted by atomic mass is 16.5. The Balaban J connectivity index is 1.97. The summed E-state index contributed by atoms with van der Waals surface area (Å²) in [5.74, 6) is 2.50. The van der Waals surface area contributed by atoms with Crippen molar-refractivity contribution >= 4 is 5.52 Å². The van der Waals surface area contributed by atoms with Crippen molar-refractivity contribution in [1.29, 1.82) is 0 Å². The van der Waals surface area contributed by atoms with Crippen LogP contribution in [0.3, 0.4) is 0 Å². The normalized spacial score (nSPS) is 20.7. The molecule has 3 rings (SSSR count). The summed E-state index contributed by atoms with van der Waals surface area (Å²) < 4.78 is 7.66.